The van der Waals surface area contributed by atoms with Crippen LogP contribution in [0.25, 0.3) is 11.1 Å². The fraction of sp³-hybridized carbons (Fsp3) is 0.341. The highest BCUT2D eigenvalue weighted by atomic mass is 19.4. The molecule has 0 spiro atoms. The predicted molar refractivity (Wildman–Crippen MR) is 196 cm³/mol. The molecule has 0 radical (unpaired) electrons. The van der Waals surface area contributed by atoms with Crippen LogP contribution in [0.3, 0.4) is 0 Å². The third-order valence-corrected chi connectivity index (χ3v) is 10.1. The molecular weight excluding hydrogens is 685 g/mol. The Kier molecular flexibility index (Phi) is 11.5. The van der Waals surface area contributed by atoms with Crippen molar-refractivity contribution < 1.29 is 37.8 Å². The smallest absolute Gasteiger partial charge is 0.413 e. The van der Waals surface area contributed by atoms with Gasteiger partial charge < -0.3 is 25.4 Å². The normalized spacial score (nSPS) is 21.6. The van der Waals surface area contributed by atoms with Gasteiger partial charge >= 0.3 is 12.1 Å². The zero-order valence-electron chi connectivity index (χ0n) is 29.4. The molecule has 3 unspecified atom stereocenters. The predicted octanol–water partition coefficient (Wildman–Crippen LogP) is 6.31. The third kappa shape index (κ3) is 9.62. The van der Waals surface area contributed by atoms with E-state index in [4.69, 9.17) is 0 Å². The van der Waals surface area contributed by atoms with Gasteiger partial charge in [0.15, 0.2) is 0 Å². The summed E-state index contributed by atoms with van der Waals surface area (Å²) in [6, 6.07) is 17.0. The van der Waals surface area contributed by atoms with E-state index in [0.29, 0.717) is 17.2 Å². The number of allylic oxidation sites excluding steroid dienone is 6. The van der Waals surface area contributed by atoms with Crippen molar-refractivity contribution in [2.45, 2.75) is 51.3 Å². The van der Waals surface area contributed by atoms with Crippen LogP contribution in [-0.4, -0.2) is 71.4 Å². The van der Waals surface area contributed by atoms with Crippen LogP contribution < -0.4 is 15.8 Å². The molecule has 0 bridgehead atoms. The number of carbonyl (C=O) groups is 3. The Morgan fingerprint density at radius 1 is 0.981 bits per heavy atom. The average Bonchev–Trinajstić information content (AvgIpc) is 3.63. The summed E-state index contributed by atoms with van der Waals surface area (Å²) >= 11 is 0. The minimum absolute atomic E-state index is 0.125. The van der Waals surface area contributed by atoms with E-state index >= 15 is 0 Å². The molecule has 0 saturated carbocycles. The molecule has 4 N–H and O–H groups in total. The average molecular weight is 729 g/mol. The summed E-state index contributed by atoms with van der Waals surface area (Å²) in [4.78, 5) is 39.1. The number of hydrogen-bond donors (Lipinski definition) is 4. The van der Waals surface area contributed by atoms with Gasteiger partial charge in [-0.25, -0.2) is 5.43 Å². The van der Waals surface area contributed by atoms with Gasteiger partial charge in [-0.15, -0.1) is 0 Å². The van der Waals surface area contributed by atoms with Crippen LogP contribution in [0.5, 0.6) is 0 Å². The molecule has 0 aromatic heterocycles. The van der Waals surface area contributed by atoms with Gasteiger partial charge in [0.05, 0.1) is 18.2 Å². The fourth-order valence-electron chi connectivity index (χ4n) is 7.10. The number of benzene rings is 2. The summed E-state index contributed by atoms with van der Waals surface area (Å²) in [7, 11) is 0. The summed E-state index contributed by atoms with van der Waals surface area (Å²) in [5.41, 5.74) is 8.71. The largest absolute Gasteiger partial charge is 0.480 e. The molecule has 2 aromatic carbocycles. The molecule has 12 heteroatoms. The number of carbonyl (C=O) groups excluding carboxylic acids is 2. The van der Waals surface area contributed by atoms with E-state index < -0.39 is 55.0 Å². The summed E-state index contributed by atoms with van der Waals surface area (Å²) in [5, 5.41) is 24.0. The lowest BCUT2D eigenvalue weighted by molar-refractivity contribution is -0.142. The summed E-state index contributed by atoms with van der Waals surface area (Å²) in [5.74, 6) is -1.57. The second kappa shape index (κ2) is 16.2. The Bertz CT molecular complexity index is 1910. The number of carboxylic acids is 1. The van der Waals surface area contributed by atoms with Crippen LogP contribution in [-0.2, 0) is 14.4 Å². The molecule has 4 aliphatic rings. The van der Waals surface area contributed by atoms with Gasteiger partial charge in [0, 0.05) is 42.9 Å². The lowest BCUT2D eigenvalue weighted by Gasteiger charge is -2.27. The number of amides is 2. The van der Waals surface area contributed by atoms with Gasteiger partial charge in [0.1, 0.15) is 6.54 Å². The summed E-state index contributed by atoms with van der Waals surface area (Å²) < 4.78 is 40.4. The topological polar surface area (TPSA) is 122 Å². The number of hydrogen-bond acceptors (Lipinski definition) is 6. The monoisotopic (exact) mass is 728 g/mol. The number of hydrazine groups is 1. The van der Waals surface area contributed by atoms with Gasteiger partial charge in [-0.2, -0.15) is 13.2 Å². The summed E-state index contributed by atoms with van der Waals surface area (Å²) in [6.45, 7) is 3.37. The Morgan fingerprint density at radius 3 is 2.32 bits per heavy atom. The van der Waals surface area contributed by atoms with Crippen molar-refractivity contribution in [3.63, 3.8) is 0 Å². The number of aliphatic hydroxyl groups is 1. The van der Waals surface area contributed by atoms with E-state index in [1.807, 2.05) is 6.08 Å². The van der Waals surface area contributed by atoms with E-state index in [2.05, 4.69) is 83.4 Å². The Balaban J connectivity index is 1.02. The van der Waals surface area contributed by atoms with Crippen molar-refractivity contribution in [3.8, 4) is 11.1 Å². The number of halogens is 3. The number of aryl methyl sites for hydroxylation is 1. The molecule has 1 aliphatic heterocycles. The third-order valence-electron chi connectivity index (χ3n) is 10.1. The van der Waals surface area contributed by atoms with Gasteiger partial charge in [0.2, 0.25) is 5.91 Å². The molecule has 53 heavy (non-hydrogen) atoms. The molecule has 3 aliphatic carbocycles. The standard InChI is InChI=1S/C41H43F3N4O5/c1-26-2-6-28(7-3-26)29-12-17-35(18-13-29)48-24-33(22-45-48)30-8-4-27(5-9-30)23-47(25-39(51)52)40(53)31-10-15-34(16-11-31)46-38(50)20-32-14-19-36(49)21-37(32)41(42,43)44/h2-8,10,12-15,17-19,30,33,36,45,49H,9,11,16,20-25H2,1H3,(H,46,50)(H,51,52). The Labute approximate surface area is 306 Å². The van der Waals surface area contributed by atoms with Crippen LogP contribution in [0, 0.1) is 18.8 Å². The first kappa shape index (κ1) is 37.6. The van der Waals surface area contributed by atoms with Gasteiger partial charge in [-0.3, -0.25) is 14.4 Å². The van der Waals surface area contributed by atoms with Gasteiger partial charge in [0.25, 0.3) is 5.91 Å². The van der Waals surface area contributed by atoms with Gasteiger partial charge in [-0.05, 0) is 78.5 Å². The van der Waals surface area contributed by atoms with Crippen LogP contribution in [0.15, 0.2) is 119 Å². The lowest BCUT2D eigenvalue weighted by atomic mass is 9.85. The van der Waals surface area contributed by atoms with Crippen LogP contribution in [0.2, 0.25) is 0 Å². The van der Waals surface area contributed by atoms with Crippen molar-refractivity contribution in [1.29, 1.82) is 0 Å². The summed E-state index contributed by atoms with van der Waals surface area (Å²) in [6.07, 6.45) is 5.77. The highest BCUT2D eigenvalue weighted by molar-refractivity contribution is 5.96. The molecular formula is C41H43F3N4O5. The van der Waals surface area contributed by atoms with Crippen LogP contribution >= 0.6 is 0 Å². The number of aliphatic carboxylic acids is 1. The lowest BCUT2D eigenvalue weighted by Crippen LogP contribution is -2.38. The maximum absolute atomic E-state index is 13.5. The maximum Gasteiger partial charge on any atom is 0.413 e. The number of nitrogens with zero attached hydrogens (tertiary/aromatic N) is 2. The van der Waals surface area contributed by atoms with Crippen molar-refractivity contribution in [2.75, 3.05) is 31.2 Å². The number of aliphatic hydroxyl groups excluding tert-OH is 1. The van der Waals surface area contributed by atoms with Gasteiger partial charge in [-0.1, -0.05) is 78.4 Å². The second-order valence-corrected chi connectivity index (χ2v) is 14.0. The fourth-order valence-corrected chi connectivity index (χ4v) is 7.10. The van der Waals surface area contributed by atoms with Crippen molar-refractivity contribution in [3.05, 3.63) is 125 Å². The van der Waals surface area contributed by atoms with Crippen LogP contribution in [0.4, 0.5) is 18.9 Å². The number of carboxylic acid groups (broad SMARTS) is 1. The molecule has 1 heterocycles. The quantitative estimate of drug-likeness (QED) is 0.214. The Hall–Kier alpha value is -5.20. The molecule has 278 valence electrons. The second-order valence-electron chi connectivity index (χ2n) is 14.0. The van der Waals surface area contributed by atoms with Crippen LogP contribution in [0.1, 0.15) is 37.7 Å². The van der Waals surface area contributed by atoms with E-state index in [1.54, 1.807) is 0 Å². The first-order valence-electron chi connectivity index (χ1n) is 17.7. The molecule has 1 fully saturated rings. The molecule has 2 amide bonds. The molecule has 6 rings (SSSR count). The number of anilines is 1. The number of alkyl halides is 3. The molecule has 1 saturated heterocycles. The van der Waals surface area contributed by atoms with Crippen molar-refractivity contribution >= 4 is 23.5 Å². The first-order chi connectivity index (χ1) is 25.3. The maximum atomic E-state index is 13.5. The minimum Gasteiger partial charge on any atom is -0.480 e. The van der Waals surface area contributed by atoms with Crippen molar-refractivity contribution in [1.82, 2.24) is 15.6 Å². The zero-order valence-corrected chi connectivity index (χ0v) is 29.4. The van der Waals surface area contributed by atoms with Crippen molar-refractivity contribution in [2.24, 2.45) is 11.8 Å². The van der Waals surface area contributed by atoms with E-state index in [0.717, 1.165) is 42.4 Å². The minimum atomic E-state index is -4.66. The SMILES string of the molecule is Cc1ccc(-c2ccc(N3CC(C4C=CC(CN(CC(=O)O)C(=O)C5=CC=C(NC(=O)CC6=C(C(F)(F)F)CC(O)C=C6)CC5)=CC4)CN3)cc2)cc1. The van der Waals surface area contributed by atoms with E-state index in [1.165, 1.54) is 34.3 Å². The van der Waals surface area contributed by atoms with E-state index in [9.17, 15) is 37.8 Å². The molecule has 9 nitrogen and oxygen atoms in total. The van der Waals surface area contributed by atoms with E-state index in [-0.39, 0.29) is 30.9 Å². The number of rotatable bonds is 11. The Morgan fingerprint density at radius 2 is 1.70 bits per heavy atom. The number of nitrogens with one attached hydrogen (secondary N) is 2. The highest BCUT2D eigenvalue weighted by Gasteiger charge is 2.38. The first-order valence-corrected chi connectivity index (χ1v) is 17.7. The molecule has 3 atom stereocenters. The molecule has 2 aromatic rings. The highest BCUT2D eigenvalue weighted by Crippen LogP contribution is 2.36. The zero-order chi connectivity index (χ0) is 37.7.